The van der Waals surface area contributed by atoms with Crippen molar-refractivity contribution in [2.45, 2.75) is 63.4 Å². The maximum absolute atomic E-state index is 14.6. The van der Waals surface area contributed by atoms with Crippen molar-refractivity contribution in [2.75, 3.05) is 48.6 Å². The predicted molar refractivity (Wildman–Crippen MR) is 175 cm³/mol. The molecule has 1 fully saturated rings. The lowest BCUT2D eigenvalue weighted by atomic mass is 10.0. The highest BCUT2D eigenvalue weighted by Crippen LogP contribution is 2.43. The van der Waals surface area contributed by atoms with Gasteiger partial charge in [-0.2, -0.15) is 8.78 Å². The van der Waals surface area contributed by atoms with Crippen LogP contribution in [0.5, 0.6) is 11.6 Å². The molecule has 1 saturated heterocycles. The first kappa shape index (κ1) is 34.0. The number of halogens is 3. The van der Waals surface area contributed by atoms with Crippen LogP contribution in [0.1, 0.15) is 26.3 Å². The van der Waals surface area contributed by atoms with Crippen molar-refractivity contribution in [1.82, 2.24) is 10.3 Å². The van der Waals surface area contributed by atoms with Crippen LogP contribution in [-0.4, -0.2) is 73.8 Å². The molecule has 9 nitrogen and oxygen atoms in total. The van der Waals surface area contributed by atoms with Gasteiger partial charge in [0.25, 0.3) is 10.0 Å². The molecule has 14 heteroatoms. The number of anilines is 2. The summed E-state index contributed by atoms with van der Waals surface area (Å²) >= 11 is 0. The quantitative estimate of drug-likeness (QED) is 0.201. The molecule has 0 spiro atoms. The zero-order chi connectivity index (χ0) is 33.4. The van der Waals surface area contributed by atoms with Gasteiger partial charge in [-0.3, -0.25) is 4.31 Å². The number of nitrogens with zero attached hydrogens (tertiary/aromatic N) is 3. The van der Waals surface area contributed by atoms with Gasteiger partial charge in [-0.15, -0.1) is 0 Å². The number of aromatic nitrogens is 1. The summed E-state index contributed by atoms with van der Waals surface area (Å²) in [5.41, 5.74) is 2.41. The van der Waals surface area contributed by atoms with Crippen LogP contribution in [0.25, 0.3) is 11.1 Å². The molecule has 2 aliphatic heterocycles. The summed E-state index contributed by atoms with van der Waals surface area (Å²) in [5, 5.41) is 3.35. The Hall–Kier alpha value is -3.33. The van der Waals surface area contributed by atoms with Gasteiger partial charge in [0.2, 0.25) is 5.88 Å². The minimum Gasteiger partial charge on any atom is -0.474 e. The minimum atomic E-state index is -4.24. The minimum absolute atomic E-state index is 0.00893. The van der Waals surface area contributed by atoms with Gasteiger partial charge in [0.15, 0.2) is 8.32 Å². The molecule has 1 atom stereocenters. The SMILES string of the molecule is Cc1cnc(OCCO[Si](C)(C)C(C)(C)C)c(S(=O)(=O)N2C[C@@H]3CNCCN3c3ccc(-c4cc(F)cc(OC(F)F)c4)cc32)c1. The summed E-state index contributed by atoms with van der Waals surface area (Å²) in [6.07, 6.45) is 1.56. The van der Waals surface area contributed by atoms with E-state index in [4.69, 9.17) is 9.16 Å². The van der Waals surface area contributed by atoms with Crippen molar-refractivity contribution in [3.8, 4) is 22.8 Å². The Morgan fingerprint density at radius 1 is 1.07 bits per heavy atom. The Balaban J connectivity index is 1.52. The van der Waals surface area contributed by atoms with E-state index in [1.54, 1.807) is 37.4 Å². The molecule has 0 amide bonds. The molecule has 2 aliphatic rings. The fourth-order valence-electron chi connectivity index (χ4n) is 5.40. The van der Waals surface area contributed by atoms with Crippen LogP contribution in [0.2, 0.25) is 18.1 Å². The average molecular weight is 679 g/mol. The van der Waals surface area contributed by atoms with E-state index in [1.165, 1.54) is 16.4 Å². The molecule has 0 bridgehead atoms. The highest BCUT2D eigenvalue weighted by molar-refractivity contribution is 7.93. The van der Waals surface area contributed by atoms with E-state index < -0.39 is 30.8 Å². The van der Waals surface area contributed by atoms with E-state index in [1.807, 2.05) is 0 Å². The third kappa shape index (κ3) is 7.14. The smallest absolute Gasteiger partial charge is 0.387 e. The van der Waals surface area contributed by atoms with E-state index in [2.05, 4.69) is 53.8 Å². The fourth-order valence-corrected chi connectivity index (χ4v) is 8.10. The number of fused-ring (bicyclic) bond motifs is 3. The Kier molecular flexibility index (Phi) is 9.65. The zero-order valence-corrected chi connectivity index (χ0v) is 28.8. The van der Waals surface area contributed by atoms with E-state index in [0.29, 0.717) is 35.6 Å². The lowest BCUT2D eigenvalue weighted by Gasteiger charge is -2.46. The van der Waals surface area contributed by atoms with Crippen molar-refractivity contribution in [1.29, 1.82) is 0 Å². The summed E-state index contributed by atoms with van der Waals surface area (Å²) in [4.78, 5) is 6.43. The molecule has 250 valence electrons. The van der Waals surface area contributed by atoms with Crippen molar-refractivity contribution < 1.29 is 35.5 Å². The maximum Gasteiger partial charge on any atom is 0.387 e. The summed E-state index contributed by atoms with van der Waals surface area (Å²) in [6.45, 7) is 11.8. The average Bonchev–Trinajstić information content (AvgIpc) is 2.98. The molecule has 3 heterocycles. The van der Waals surface area contributed by atoms with Gasteiger partial charge in [-0.25, -0.2) is 17.8 Å². The number of rotatable bonds is 10. The highest BCUT2D eigenvalue weighted by Gasteiger charge is 2.40. The summed E-state index contributed by atoms with van der Waals surface area (Å²) in [6, 6.07) is 9.91. The number of pyridine rings is 1. The first-order chi connectivity index (χ1) is 21.6. The number of alkyl halides is 2. The molecule has 5 rings (SSSR count). The zero-order valence-electron chi connectivity index (χ0n) is 26.9. The molecular weight excluding hydrogens is 638 g/mol. The van der Waals surface area contributed by atoms with Crippen molar-refractivity contribution in [3.63, 3.8) is 0 Å². The Bertz CT molecular complexity index is 1690. The monoisotopic (exact) mass is 678 g/mol. The molecule has 3 aromatic rings. The molecular formula is C32H41F3N4O5SSi. The van der Waals surface area contributed by atoms with Gasteiger partial charge in [0, 0.05) is 31.9 Å². The topological polar surface area (TPSA) is 93.2 Å². The number of hydrogen-bond donors (Lipinski definition) is 1. The molecule has 2 aromatic carbocycles. The number of ether oxygens (including phenoxy) is 2. The molecule has 0 aliphatic carbocycles. The summed E-state index contributed by atoms with van der Waals surface area (Å²) in [5.74, 6) is -1.12. The van der Waals surface area contributed by atoms with Crippen molar-refractivity contribution in [2.24, 2.45) is 0 Å². The first-order valence-electron chi connectivity index (χ1n) is 15.2. The van der Waals surface area contributed by atoms with Crippen molar-refractivity contribution >= 4 is 29.7 Å². The Labute approximate surface area is 269 Å². The van der Waals surface area contributed by atoms with Gasteiger partial charge < -0.3 is 24.1 Å². The normalized spacial score (nSPS) is 17.1. The van der Waals surface area contributed by atoms with Crippen LogP contribution >= 0.6 is 0 Å². The van der Waals surface area contributed by atoms with Crippen LogP contribution in [0.15, 0.2) is 53.6 Å². The standard InChI is InChI=1S/C32H41F3N4O5SSi/c1-21-13-29(30(37-18-21)42-11-12-43-46(5,6)32(2,3)4)45(40,41)39-20-25-19-36-9-10-38(25)27-8-7-22(16-28(27)39)23-14-24(33)17-26(15-23)44-31(34)35/h7-8,13-18,25,31,36H,9-12,19-20H2,1-6H3/t25-/m0/s1. The van der Waals surface area contributed by atoms with Gasteiger partial charge in [0.1, 0.15) is 23.1 Å². The molecule has 0 unspecified atom stereocenters. The lowest BCUT2D eigenvalue weighted by Crippen LogP contribution is -2.59. The van der Waals surface area contributed by atoms with Crippen LogP contribution in [0.3, 0.4) is 0 Å². The van der Waals surface area contributed by atoms with Crippen LogP contribution < -0.4 is 24.0 Å². The Morgan fingerprint density at radius 2 is 1.83 bits per heavy atom. The van der Waals surface area contributed by atoms with Crippen molar-refractivity contribution in [3.05, 3.63) is 60.0 Å². The van der Waals surface area contributed by atoms with E-state index >= 15 is 0 Å². The van der Waals surface area contributed by atoms with Crippen LogP contribution in [0, 0.1) is 12.7 Å². The second-order valence-electron chi connectivity index (χ2n) is 13.1. The number of piperazine rings is 1. The molecule has 1 N–H and O–H groups in total. The Morgan fingerprint density at radius 3 is 2.54 bits per heavy atom. The molecule has 1 aromatic heterocycles. The van der Waals surface area contributed by atoms with E-state index in [0.717, 1.165) is 12.6 Å². The van der Waals surface area contributed by atoms with E-state index in [-0.39, 0.29) is 52.9 Å². The van der Waals surface area contributed by atoms with Gasteiger partial charge in [-0.05, 0) is 72.1 Å². The van der Waals surface area contributed by atoms with Gasteiger partial charge >= 0.3 is 6.61 Å². The predicted octanol–water partition coefficient (Wildman–Crippen LogP) is 6.19. The van der Waals surface area contributed by atoms with Crippen LogP contribution in [0.4, 0.5) is 24.5 Å². The second-order valence-corrected chi connectivity index (χ2v) is 19.8. The summed E-state index contributed by atoms with van der Waals surface area (Å²) in [7, 11) is -6.28. The number of benzene rings is 2. The third-order valence-electron chi connectivity index (χ3n) is 8.82. The maximum atomic E-state index is 14.6. The largest absolute Gasteiger partial charge is 0.474 e. The molecule has 0 radical (unpaired) electrons. The number of hydrogen-bond acceptors (Lipinski definition) is 8. The molecule has 0 saturated carbocycles. The lowest BCUT2D eigenvalue weighted by molar-refractivity contribution is -0.0499. The number of aryl methyl sites for hydroxylation is 1. The summed E-state index contributed by atoms with van der Waals surface area (Å²) < 4.78 is 87.4. The van der Waals surface area contributed by atoms with Crippen LogP contribution in [-0.2, 0) is 14.4 Å². The first-order valence-corrected chi connectivity index (χ1v) is 19.5. The van der Waals surface area contributed by atoms with Gasteiger partial charge in [-0.1, -0.05) is 26.8 Å². The third-order valence-corrected chi connectivity index (χ3v) is 15.1. The second kappa shape index (κ2) is 13.0. The fraction of sp³-hybridized carbons (Fsp3) is 0.469. The highest BCUT2D eigenvalue weighted by atomic mass is 32.2. The van der Waals surface area contributed by atoms with E-state index in [9.17, 15) is 21.6 Å². The molecule has 46 heavy (non-hydrogen) atoms. The number of nitrogens with one attached hydrogen (secondary N) is 1. The number of sulfonamides is 1. The van der Waals surface area contributed by atoms with Gasteiger partial charge in [0.05, 0.1) is 30.6 Å².